The molecule has 0 spiro atoms. The van der Waals surface area contributed by atoms with Gasteiger partial charge in [0.05, 0.1) is 6.61 Å². The summed E-state index contributed by atoms with van der Waals surface area (Å²) < 4.78 is 4.51. The summed E-state index contributed by atoms with van der Waals surface area (Å²) in [4.78, 5) is 0. The van der Waals surface area contributed by atoms with Gasteiger partial charge in [-0.25, -0.2) is 0 Å². The van der Waals surface area contributed by atoms with Crippen molar-refractivity contribution in [3.05, 3.63) is 6.54 Å². The highest BCUT2D eigenvalue weighted by atomic mass is 16.5. The molecule has 2 nitrogen and oxygen atoms in total. The monoisotopic (exact) mass is 74.1 g/mol. The molecular formula is C3H8NO. The zero-order valence-corrected chi connectivity index (χ0v) is 3.27. The molecule has 2 heteroatoms. The van der Waals surface area contributed by atoms with Gasteiger partial charge in [-0.3, -0.25) is 0 Å². The van der Waals surface area contributed by atoms with Crippen molar-refractivity contribution in [1.29, 1.82) is 0 Å². The fourth-order valence-electron chi connectivity index (χ4n) is 0.0962. The Hall–Kier alpha value is -0.0800. The molecule has 0 bridgehead atoms. The molecule has 0 aromatic rings. The van der Waals surface area contributed by atoms with E-state index < -0.39 is 0 Å². The second kappa shape index (κ2) is 3.92. The van der Waals surface area contributed by atoms with E-state index in [2.05, 4.69) is 4.74 Å². The Morgan fingerprint density at radius 1 is 2.00 bits per heavy atom. The van der Waals surface area contributed by atoms with Crippen molar-refractivity contribution in [2.45, 2.75) is 0 Å². The largest absolute Gasteiger partial charge is 0.383 e. The van der Waals surface area contributed by atoms with Gasteiger partial charge in [-0.15, -0.1) is 0 Å². The smallest absolute Gasteiger partial charge is 0.0629 e. The summed E-state index contributed by atoms with van der Waals surface area (Å²) in [5, 5.41) is 0. The number of nitrogens with two attached hydrogens (primary N) is 1. The Balaban J connectivity index is 2.19. The molecule has 0 saturated carbocycles. The number of hydrogen-bond acceptors (Lipinski definition) is 2. The lowest BCUT2D eigenvalue weighted by molar-refractivity contribution is 0.222. The van der Waals surface area contributed by atoms with E-state index in [1.165, 1.54) is 6.54 Å². The minimum absolute atomic E-state index is 0.542. The molecule has 0 unspecified atom stereocenters. The highest BCUT2D eigenvalue weighted by molar-refractivity contribution is 4.45. The van der Waals surface area contributed by atoms with Crippen LogP contribution in [0, 0.1) is 6.54 Å². The predicted molar refractivity (Wildman–Crippen MR) is 20.4 cm³/mol. The zero-order valence-electron chi connectivity index (χ0n) is 3.27. The normalized spacial score (nSPS) is 8.40. The van der Waals surface area contributed by atoms with Crippen LogP contribution in [0.2, 0.25) is 0 Å². The van der Waals surface area contributed by atoms with Gasteiger partial charge in [-0.1, -0.05) is 0 Å². The molecule has 2 N–H and O–H groups in total. The first-order valence-corrected chi connectivity index (χ1v) is 1.44. The standard InChI is InChI=1S/C3H8NO/c1-5-3-2-4/h2H,3-4H2,1H3. The Labute approximate surface area is 31.9 Å². The molecule has 0 aliphatic rings. The van der Waals surface area contributed by atoms with Gasteiger partial charge in [0.2, 0.25) is 0 Å². The lowest BCUT2D eigenvalue weighted by atomic mass is 10.7. The minimum Gasteiger partial charge on any atom is -0.383 e. The Morgan fingerprint density at radius 2 is 2.60 bits per heavy atom. The molecule has 0 amide bonds. The zero-order chi connectivity index (χ0) is 4.12. The first kappa shape index (κ1) is 4.92. The van der Waals surface area contributed by atoms with E-state index in [-0.39, 0.29) is 0 Å². The third-order valence-electron chi connectivity index (χ3n) is 0.263. The van der Waals surface area contributed by atoms with E-state index in [0.29, 0.717) is 6.61 Å². The van der Waals surface area contributed by atoms with Crippen LogP contribution in [0.15, 0.2) is 0 Å². The van der Waals surface area contributed by atoms with E-state index in [9.17, 15) is 0 Å². The highest BCUT2D eigenvalue weighted by Gasteiger charge is 1.66. The lowest BCUT2D eigenvalue weighted by Crippen LogP contribution is -1.96. The van der Waals surface area contributed by atoms with Crippen LogP contribution in [0.5, 0.6) is 0 Å². The number of methoxy groups -OCH3 is 1. The first-order valence-electron chi connectivity index (χ1n) is 1.44. The van der Waals surface area contributed by atoms with Crippen molar-refractivity contribution in [2.24, 2.45) is 5.73 Å². The summed E-state index contributed by atoms with van der Waals surface area (Å²) in [6, 6.07) is 0. The summed E-state index contributed by atoms with van der Waals surface area (Å²) in [5.74, 6) is 0. The fourth-order valence-corrected chi connectivity index (χ4v) is 0.0962. The van der Waals surface area contributed by atoms with E-state index in [1.807, 2.05) is 0 Å². The molecule has 0 aromatic carbocycles. The molecule has 0 aliphatic heterocycles. The fraction of sp³-hybridized carbons (Fsp3) is 0.667. The molecule has 0 fully saturated rings. The van der Waals surface area contributed by atoms with Crippen molar-refractivity contribution in [3.63, 3.8) is 0 Å². The molecule has 0 aliphatic carbocycles. The molecule has 0 heterocycles. The topological polar surface area (TPSA) is 35.2 Å². The van der Waals surface area contributed by atoms with Crippen LogP contribution in [0.1, 0.15) is 0 Å². The minimum atomic E-state index is 0.542. The maximum absolute atomic E-state index is 4.89. The van der Waals surface area contributed by atoms with Crippen LogP contribution in [0.25, 0.3) is 0 Å². The van der Waals surface area contributed by atoms with Crippen LogP contribution in [-0.4, -0.2) is 13.7 Å². The lowest BCUT2D eigenvalue weighted by Gasteiger charge is -1.84. The maximum atomic E-state index is 4.89. The molecule has 0 rings (SSSR count). The summed E-state index contributed by atoms with van der Waals surface area (Å²) in [6.07, 6.45) is 0. The Kier molecular flexibility index (Phi) is 3.86. The molecule has 5 heavy (non-hydrogen) atoms. The quantitative estimate of drug-likeness (QED) is 0.490. The highest BCUT2D eigenvalue weighted by Crippen LogP contribution is 1.59. The van der Waals surface area contributed by atoms with Crippen LogP contribution < -0.4 is 5.73 Å². The third-order valence-corrected chi connectivity index (χ3v) is 0.263. The maximum Gasteiger partial charge on any atom is 0.0629 e. The molecule has 31 valence electrons. The van der Waals surface area contributed by atoms with E-state index in [1.54, 1.807) is 7.11 Å². The van der Waals surface area contributed by atoms with Gasteiger partial charge < -0.3 is 10.5 Å². The van der Waals surface area contributed by atoms with Gasteiger partial charge >= 0.3 is 0 Å². The summed E-state index contributed by atoms with van der Waals surface area (Å²) in [7, 11) is 1.60. The Morgan fingerprint density at radius 3 is 2.60 bits per heavy atom. The van der Waals surface area contributed by atoms with Crippen LogP contribution >= 0.6 is 0 Å². The average molecular weight is 74.1 g/mol. The predicted octanol–water partition coefficient (Wildman–Crippen LogP) is -0.247. The van der Waals surface area contributed by atoms with E-state index in [4.69, 9.17) is 5.73 Å². The van der Waals surface area contributed by atoms with E-state index >= 15 is 0 Å². The SMILES string of the molecule is COC[CH]N. The van der Waals surface area contributed by atoms with Gasteiger partial charge in [-0.2, -0.15) is 0 Å². The van der Waals surface area contributed by atoms with Gasteiger partial charge in [0.1, 0.15) is 0 Å². The van der Waals surface area contributed by atoms with Crippen molar-refractivity contribution in [2.75, 3.05) is 13.7 Å². The van der Waals surface area contributed by atoms with Gasteiger partial charge in [-0.05, 0) is 0 Å². The summed E-state index contributed by atoms with van der Waals surface area (Å²) in [6.45, 7) is 2.00. The second-order valence-electron chi connectivity index (χ2n) is 0.691. The van der Waals surface area contributed by atoms with Gasteiger partial charge in [0.25, 0.3) is 0 Å². The summed E-state index contributed by atoms with van der Waals surface area (Å²) >= 11 is 0. The molecular weight excluding hydrogens is 66.0 g/mol. The van der Waals surface area contributed by atoms with E-state index in [0.717, 1.165) is 0 Å². The van der Waals surface area contributed by atoms with Crippen molar-refractivity contribution < 1.29 is 4.74 Å². The molecule has 0 atom stereocenters. The molecule has 0 saturated heterocycles. The Bertz CT molecular complexity index is 14.4. The van der Waals surface area contributed by atoms with Crippen LogP contribution in [-0.2, 0) is 4.74 Å². The molecule has 1 radical (unpaired) electrons. The second-order valence-corrected chi connectivity index (χ2v) is 0.691. The van der Waals surface area contributed by atoms with Gasteiger partial charge in [0.15, 0.2) is 0 Å². The summed E-state index contributed by atoms with van der Waals surface area (Å²) in [5.41, 5.74) is 4.89. The van der Waals surface area contributed by atoms with Gasteiger partial charge in [0, 0.05) is 13.7 Å². The number of rotatable bonds is 2. The third kappa shape index (κ3) is 3.92. The van der Waals surface area contributed by atoms with Crippen LogP contribution in [0.3, 0.4) is 0 Å². The van der Waals surface area contributed by atoms with Crippen molar-refractivity contribution >= 4 is 0 Å². The number of ether oxygens (including phenoxy) is 1. The number of hydrogen-bond donors (Lipinski definition) is 1. The van der Waals surface area contributed by atoms with Crippen molar-refractivity contribution in [1.82, 2.24) is 0 Å². The van der Waals surface area contributed by atoms with Crippen molar-refractivity contribution in [3.8, 4) is 0 Å². The van der Waals surface area contributed by atoms with Crippen LogP contribution in [0.4, 0.5) is 0 Å². The molecule has 0 aromatic heterocycles. The average Bonchev–Trinajstić information content (AvgIpc) is 1.41. The first-order chi connectivity index (χ1) is 2.41.